The highest BCUT2D eigenvalue weighted by Gasteiger charge is 2.31. The summed E-state index contributed by atoms with van der Waals surface area (Å²) in [5.41, 5.74) is 1.40. The van der Waals surface area contributed by atoms with Crippen LogP contribution in [0.5, 0.6) is 0 Å². The summed E-state index contributed by atoms with van der Waals surface area (Å²) in [6, 6.07) is 5.96. The lowest BCUT2D eigenvalue weighted by Gasteiger charge is -2.09. The van der Waals surface area contributed by atoms with Crippen molar-refractivity contribution in [3.8, 4) is 6.07 Å². The second kappa shape index (κ2) is 9.73. The minimum Gasteiger partial charge on any atom is -0.452 e. The second-order valence-electron chi connectivity index (χ2n) is 7.08. The Morgan fingerprint density at radius 1 is 1.41 bits per heavy atom. The minimum atomic E-state index is -3.11. The van der Waals surface area contributed by atoms with E-state index in [0.717, 1.165) is 6.08 Å². The smallest absolute Gasteiger partial charge is 0.331 e. The maximum atomic E-state index is 12.0. The first-order valence-electron chi connectivity index (χ1n) is 9.39. The number of carbonyl (C=O) groups is 2. The molecule has 0 bridgehead atoms. The largest absolute Gasteiger partial charge is 0.452 e. The van der Waals surface area contributed by atoms with Crippen molar-refractivity contribution in [2.24, 2.45) is 0 Å². The van der Waals surface area contributed by atoms with Crippen LogP contribution in [0.25, 0.3) is 6.08 Å². The number of halogens is 2. The van der Waals surface area contributed by atoms with Gasteiger partial charge in [-0.3, -0.25) is 4.79 Å². The number of rotatable bonds is 6. The Balaban J connectivity index is 1.60. The Morgan fingerprint density at radius 2 is 2.16 bits per heavy atom. The van der Waals surface area contributed by atoms with Crippen LogP contribution in [-0.4, -0.2) is 48.2 Å². The summed E-state index contributed by atoms with van der Waals surface area (Å²) in [5.74, 6) is -1.39. The molecule has 1 aliphatic rings. The molecule has 1 aromatic carbocycles. The second-order valence-corrected chi connectivity index (χ2v) is 10.1. The van der Waals surface area contributed by atoms with E-state index in [-0.39, 0.29) is 34.0 Å². The summed E-state index contributed by atoms with van der Waals surface area (Å²) in [7, 11) is -3.11. The van der Waals surface area contributed by atoms with Crippen LogP contribution in [0.2, 0.25) is 10.2 Å². The molecule has 1 saturated heterocycles. The van der Waals surface area contributed by atoms with Gasteiger partial charge in [0.1, 0.15) is 11.2 Å². The van der Waals surface area contributed by atoms with Crippen LogP contribution in [0.1, 0.15) is 29.3 Å². The van der Waals surface area contributed by atoms with Gasteiger partial charge in [-0.25, -0.2) is 17.9 Å². The molecule has 1 N–H and O–H groups in total. The number of hydrogen-bond acceptors (Lipinski definition) is 7. The summed E-state index contributed by atoms with van der Waals surface area (Å²) in [4.78, 5) is 24.0. The third kappa shape index (κ3) is 5.68. The van der Waals surface area contributed by atoms with Gasteiger partial charge >= 0.3 is 5.97 Å². The van der Waals surface area contributed by atoms with E-state index in [1.807, 2.05) is 6.07 Å². The molecule has 168 valence electrons. The Bertz CT molecular complexity index is 1250. The zero-order chi connectivity index (χ0) is 23.5. The van der Waals surface area contributed by atoms with Gasteiger partial charge in [0.2, 0.25) is 0 Å². The van der Waals surface area contributed by atoms with Crippen molar-refractivity contribution in [2.45, 2.75) is 19.4 Å². The highest BCUT2D eigenvalue weighted by Crippen LogP contribution is 2.30. The zero-order valence-electron chi connectivity index (χ0n) is 16.8. The van der Waals surface area contributed by atoms with Crippen molar-refractivity contribution < 1.29 is 22.7 Å². The fourth-order valence-corrected chi connectivity index (χ4v) is 5.41. The first kappa shape index (κ1) is 23.8. The molecule has 3 rings (SSSR count). The highest BCUT2D eigenvalue weighted by molar-refractivity contribution is 7.91. The minimum absolute atomic E-state index is 0.0334. The van der Waals surface area contributed by atoms with Gasteiger partial charge in [-0.1, -0.05) is 23.2 Å². The van der Waals surface area contributed by atoms with Gasteiger partial charge in [0.25, 0.3) is 5.91 Å². The summed E-state index contributed by atoms with van der Waals surface area (Å²) < 4.78 is 29.8. The Kier molecular flexibility index (Phi) is 7.23. The number of benzene rings is 1. The number of aromatic nitrogens is 2. The maximum absolute atomic E-state index is 12.0. The predicted octanol–water partition coefficient (Wildman–Crippen LogP) is 2.92. The Morgan fingerprint density at radius 3 is 2.81 bits per heavy atom. The van der Waals surface area contributed by atoms with E-state index in [0.29, 0.717) is 22.7 Å². The van der Waals surface area contributed by atoms with Crippen molar-refractivity contribution in [1.29, 1.82) is 5.26 Å². The first-order valence-corrected chi connectivity index (χ1v) is 12.0. The molecule has 0 radical (unpaired) electrons. The molecule has 32 heavy (non-hydrogen) atoms. The SMILES string of the molecule is Cc1nn([C@H]2CCS(=O)(=O)C2)c(Cl)c1/C=C/C(=O)OCC(=O)Nc1cc(Cl)ccc1C#N. The number of ether oxygens (including phenoxy) is 1. The lowest BCUT2D eigenvalue weighted by molar-refractivity contribution is -0.142. The lowest BCUT2D eigenvalue weighted by atomic mass is 10.2. The van der Waals surface area contributed by atoms with Crippen molar-refractivity contribution >= 4 is 56.7 Å². The average molecular weight is 497 g/mol. The third-order valence-electron chi connectivity index (χ3n) is 4.73. The van der Waals surface area contributed by atoms with E-state index in [9.17, 15) is 18.0 Å². The van der Waals surface area contributed by atoms with Gasteiger partial charge in [0, 0.05) is 16.7 Å². The number of esters is 1. The molecule has 12 heteroatoms. The number of carbonyl (C=O) groups excluding carboxylic acids is 2. The molecule has 2 heterocycles. The molecule has 0 aliphatic carbocycles. The quantitative estimate of drug-likeness (QED) is 0.480. The van der Waals surface area contributed by atoms with E-state index in [4.69, 9.17) is 33.2 Å². The van der Waals surface area contributed by atoms with Gasteiger partial charge in [-0.05, 0) is 37.6 Å². The standard InChI is InChI=1S/C20H18Cl2N4O5S/c1-12-16(20(22)26(25-12)15-6-7-32(29,30)11-15)4-5-19(28)31-10-18(27)24-17-8-14(21)3-2-13(17)9-23/h2-5,8,15H,6-7,10-11H2,1H3,(H,24,27)/b5-4+/t15-/m0/s1. The van der Waals surface area contributed by atoms with E-state index in [2.05, 4.69) is 10.4 Å². The molecule has 0 saturated carbocycles. The molecule has 1 aliphatic heterocycles. The third-order valence-corrected chi connectivity index (χ3v) is 7.10. The van der Waals surface area contributed by atoms with Crippen molar-refractivity contribution in [3.63, 3.8) is 0 Å². The van der Waals surface area contributed by atoms with E-state index in [1.165, 1.54) is 29.0 Å². The maximum Gasteiger partial charge on any atom is 0.331 e. The zero-order valence-corrected chi connectivity index (χ0v) is 19.2. The predicted molar refractivity (Wildman–Crippen MR) is 119 cm³/mol. The highest BCUT2D eigenvalue weighted by atomic mass is 35.5. The first-order chi connectivity index (χ1) is 15.1. The van der Waals surface area contributed by atoms with E-state index < -0.39 is 28.3 Å². The fourth-order valence-electron chi connectivity index (χ4n) is 3.17. The molecule has 9 nitrogen and oxygen atoms in total. The number of nitriles is 1. The Labute approximate surface area is 194 Å². The van der Waals surface area contributed by atoms with E-state index in [1.54, 1.807) is 6.92 Å². The van der Waals surface area contributed by atoms with E-state index >= 15 is 0 Å². The average Bonchev–Trinajstić information content (AvgIpc) is 3.23. The number of nitrogens with zero attached hydrogens (tertiary/aromatic N) is 3. The molecular formula is C20H18Cl2N4O5S. The molecule has 1 fully saturated rings. The number of sulfone groups is 1. The molecule has 0 unspecified atom stereocenters. The van der Waals surface area contributed by atoms with Crippen LogP contribution in [0.15, 0.2) is 24.3 Å². The van der Waals surface area contributed by atoms with Gasteiger partial charge in [-0.2, -0.15) is 10.4 Å². The molecule has 0 spiro atoms. The number of aryl methyl sites for hydroxylation is 1. The van der Waals surface area contributed by atoms with Gasteiger partial charge < -0.3 is 10.1 Å². The van der Waals surface area contributed by atoms with Crippen LogP contribution in [-0.2, 0) is 24.2 Å². The van der Waals surface area contributed by atoms with Crippen LogP contribution in [0, 0.1) is 18.3 Å². The van der Waals surface area contributed by atoms with Crippen LogP contribution in [0.3, 0.4) is 0 Å². The van der Waals surface area contributed by atoms with Crippen LogP contribution in [0.4, 0.5) is 5.69 Å². The van der Waals surface area contributed by atoms with Crippen molar-refractivity contribution in [2.75, 3.05) is 23.4 Å². The molecular weight excluding hydrogens is 479 g/mol. The van der Waals surface area contributed by atoms with Crippen molar-refractivity contribution in [3.05, 3.63) is 51.3 Å². The summed E-state index contributed by atoms with van der Waals surface area (Å²) in [6.45, 7) is 1.11. The fraction of sp³-hybridized carbons (Fsp3) is 0.300. The summed E-state index contributed by atoms with van der Waals surface area (Å²) in [5, 5.41) is 16.4. The molecule has 1 amide bonds. The number of hydrogen-bond donors (Lipinski definition) is 1. The van der Waals surface area contributed by atoms with Crippen molar-refractivity contribution in [1.82, 2.24) is 9.78 Å². The Hall–Kier alpha value is -2.87. The van der Waals surface area contributed by atoms with Gasteiger partial charge in [0.05, 0.1) is 34.5 Å². The summed E-state index contributed by atoms with van der Waals surface area (Å²) >= 11 is 12.2. The topological polar surface area (TPSA) is 131 Å². The van der Waals surface area contributed by atoms with Gasteiger partial charge in [0.15, 0.2) is 16.4 Å². The van der Waals surface area contributed by atoms with Crippen LogP contribution >= 0.6 is 23.2 Å². The summed E-state index contributed by atoms with van der Waals surface area (Å²) in [6.07, 6.45) is 2.91. The van der Waals surface area contributed by atoms with Gasteiger partial charge in [-0.15, -0.1) is 0 Å². The molecule has 1 atom stereocenters. The lowest BCUT2D eigenvalue weighted by Crippen LogP contribution is -2.20. The number of nitrogens with one attached hydrogen (secondary N) is 1. The molecule has 1 aromatic heterocycles. The number of amides is 1. The monoisotopic (exact) mass is 496 g/mol. The normalized spacial score (nSPS) is 17.2. The van der Waals surface area contributed by atoms with Crippen LogP contribution < -0.4 is 5.32 Å². The number of anilines is 1. The molecule has 2 aromatic rings.